The maximum absolute atomic E-state index is 13.4. The van der Waals surface area contributed by atoms with Gasteiger partial charge in [0.05, 0.1) is 30.4 Å². The number of rotatable bonds is 7. The number of hydrogen-bond donors (Lipinski definition) is 1. The number of carbonyl (C=O) groups is 1. The number of aromatic nitrogens is 2. The van der Waals surface area contributed by atoms with E-state index in [4.69, 9.17) is 21.1 Å². The highest BCUT2D eigenvalue weighted by Gasteiger charge is 2.18. The van der Waals surface area contributed by atoms with Crippen molar-refractivity contribution in [3.63, 3.8) is 0 Å². The fourth-order valence-electron chi connectivity index (χ4n) is 3.61. The molecule has 0 unspecified atom stereocenters. The molecular weight excluding hydrogens is 433 g/mol. The van der Waals surface area contributed by atoms with E-state index in [1.807, 2.05) is 18.2 Å². The molecule has 1 amide bonds. The molecule has 4 rings (SSSR count). The number of H-pyrrole nitrogens is 1. The van der Waals surface area contributed by atoms with E-state index in [1.165, 1.54) is 12.1 Å². The van der Waals surface area contributed by atoms with Gasteiger partial charge < -0.3 is 14.4 Å². The van der Waals surface area contributed by atoms with E-state index in [2.05, 4.69) is 10.2 Å². The van der Waals surface area contributed by atoms with Crippen LogP contribution in [0.1, 0.15) is 24.1 Å². The van der Waals surface area contributed by atoms with Crippen molar-refractivity contribution in [1.29, 1.82) is 0 Å². The molecule has 0 atom stereocenters. The quantitative estimate of drug-likeness (QED) is 0.560. The maximum Gasteiger partial charge on any atom is 0.226 e. The lowest BCUT2D eigenvalue weighted by atomic mass is 10.1. The number of likely N-dealkylation sites (N-methyl/N-ethyl adjacent to an activating group) is 1. The Morgan fingerprint density at radius 2 is 2.06 bits per heavy atom. The first kappa shape index (κ1) is 22.1. The van der Waals surface area contributed by atoms with Gasteiger partial charge in [-0.15, -0.1) is 0 Å². The fourth-order valence-corrected chi connectivity index (χ4v) is 3.90. The van der Waals surface area contributed by atoms with Gasteiger partial charge in [0.2, 0.25) is 5.91 Å². The Hall–Kier alpha value is -3.06. The molecule has 1 aliphatic heterocycles. The van der Waals surface area contributed by atoms with E-state index in [0.717, 1.165) is 36.1 Å². The predicted octanol–water partition coefficient (Wildman–Crippen LogP) is 4.66. The van der Waals surface area contributed by atoms with Crippen molar-refractivity contribution < 1.29 is 18.7 Å². The van der Waals surface area contributed by atoms with Crippen LogP contribution >= 0.6 is 11.6 Å². The molecule has 0 saturated carbocycles. The largest absolute Gasteiger partial charge is 0.489 e. The molecule has 2 aromatic carbocycles. The van der Waals surface area contributed by atoms with Gasteiger partial charge in [-0.25, -0.2) is 4.39 Å². The minimum absolute atomic E-state index is 0.000572. The number of aryl methyl sites for hydroxylation is 1. The van der Waals surface area contributed by atoms with E-state index < -0.39 is 0 Å². The molecule has 6 nitrogen and oxygen atoms in total. The molecular formula is C24H25ClFN3O3. The van der Waals surface area contributed by atoms with Crippen LogP contribution in [-0.4, -0.2) is 47.8 Å². The van der Waals surface area contributed by atoms with Crippen LogP contribution in [0.4, 0.5) is 4.39 Å². The lowest BCUT2D eigenvalue weighted by Gasteiger charge is -2.18. The van der Waals surface area contributed by atoms with Crippen LogP contribution in [-0.2, 0) is 17.6 Å². The number of benzene rings is 2. The van der Waals surface area contributed by atoms with Crippen LogP contribution in [0.2, 0.25) is 5.02 Å². The highest BCUT2D eigenvalue weighted by Crippen LogP contribution is 2.38. The van der Waals surface area contributed by atoms with Crippen molar-refractivity contribution in [2.45, 2.75) is 25.7 Å². The average Bonchev–Trinajstić information content (AvgIpc) is 3.11. The Morgan fingerprint density at radius 1 is 1.22 bits per heavy atom. The maximum atomic E-state index is 13.4. The molecule has 0 aliphatic carbocycles. The number of hydrogen-bond acceptors (Lipinski definition) is 4. The second kappa shape index (κ2) is 10.0. The summed E-state index contributed by atoms with van der Waals surface area (Å²) in [6, 6.07) is 11.9. The summed E-state index contributed by atoms with van der Waals surface area (Å²) >= 11 is 6.33. The van der Waals surface area contributed by atoms with Crippen molar-refractivity contribution >= 4 is 17.5 Å². The summed E-state index contributed by atoms with van der Waals surface area (Å²) in [5.74, 6) is 0.849. The summed E-state index contributed by atoms with van der Waals surface area (Å²) in [6.45, 7) is 1.73. The second-order valence-corrected chi connectivity index (χ2v) is 8.25. The van der Waals surface area contributed by atoms with E-state index in [0.29, 0.717) is 42.0 Å². The number of ether oxygens (including phenoxy) is 2. The van der Waals surface area contributed by atoms with Gasteiger partial charge in [0, 0.05) is 31.3 Å². The van der Waals surface area contributed by atoms with Gasteiger partial charge in [0.25, 0.3) is 0 Å². The molecule has 1 aromatic heterocycles. The zero-order valence-corrected chi connectivity index (χ0v) is 18.6. The van der Waals surface area contributed by atoms with Gasteiger partial charge in [0.1, 0.15) is 5.82 Å². The van der Waals surface area contributed by atoms with E-state index in [1.54, 1.807) is 24.1 Å². The van der Waals surface area contributed by atoms with Gasteiger partial charge in [-0.1, -0.05) is 23.7 Å². The monoisotopic (exact) mass is 457 g/mol. The Labute approximate surface area is 191 Å². The first-order valence-corrected chi connectivity index (χ1v) is 11.0. The Bertz CT molecular complexity index is 1100. The van der Waals surface area contributed by atoms with Gasteiger partial charge >= 0.3 is 0 Å². The summed E-state index contributed by atoms with van der Waals surface area (Å²) in [4.78, 5) is 14.4. The van der Waals surface area contributed by atoms with Crippen LogP contribution < -0.4 is 9.47 Å². The standard InChI is InChI=1S/C24H25ClFN3O3/c1-29(8-3-7-19-15-21(28-27-19)17-5-2-6-18(26)14-17)23(30)13-16-11-20(25)24-22(12-16)31-9-4-10-32-24/h2,5-6,11-12,14-15H,3-4,7-10,13H2,1H3,(H,27,28). The second-order valence-electron chi connectivity index (χ2n) is 7.84. The molecule has 0 radical (unpaired) electrons. The molecule has 168 valence electrons. The lowest BCUT2D eigenvalue weighted by molar-refractivity contribution is -0.129. The molecule has 32 heavy (non-hydrogen) atoms. The third kappa shape index (κ3) is 5.40. The number of amides is 1. The fraction of sp³-hybridized carbons (Fsp3) is 0.333. The minimum Gasteiger partial charge on any atom is -0.489 e. The minimum atomic E-state index is -0.290. The molecule has 0 fully saturated rings. The normalized spacial score (nSPS) is 13.0. The molecule has 0 spiro atoms. The summed E-state index contributed by atoms with van der Waals surface area (Å²) < 4.78 is 24.8. The van der Waals surface area contributed by atoms with Crippen molar-refractivity contribution in [3.05, 3.63) is 64.6 Å². The summed E-state index contributed by atoms with van der Waals surface area (Å²) in [6.07, 6.45) is 2.54. The van der Waals surface area contributed by atoms with Crippen molar-refractivity contribution in [1.82, 2.24) is 15.1 Å². The van der Waals surface area contributed by atoms with E-state index in [-0.39, 0.29) is 18.1 Å². The summed E-state index contributed by atoms with van der Waals surface area (Å²) in [5, 5.41) is 7.71. The number of aromatic amines is 1. The zero-order chi connectivity index (χ0) is 22.5. The predicted molar refractivity (Wildman–Crippen MR) is 121 cm³/mol. The first-order valence-electron chi connectivity index (χ1n) is 10.6. The molecule has 3 aromatic rings. The highest BCUT2D eigenvalue weighted by molar-refractivity contribution is 6.32. The Balaban J connectivity index is 1.29. The Morgan fingerprint density at radius 3 is 2.91 bits per heavy atom. The number of fused-ring (bicyclic) bond motifs is 1. The topological polar surface area (TPSA) is 67.5 Å². The van der Waals surface area contributed by atoms with Crippen molar-refractivity contribution in [2.75, 3.05) is 26.8 Å². The molecule has 2 heterocycles. The van der Waals surface area contributed by atoms with Crippen LogP contribution in [0.25, 0.3) is 11.3 Å². The van der Waals surface area contributed by atoms with Crippen LogP contribution in [0.5, 0.6) is 11.5 Å². The number of nitrogens with zero attached hydrogens (tertiary/aromatic N) is 2. The van der Waals surface area contributed by atoms with Crippen LogP contribution in [0, 0.1) is 5.82 Å². The van der Waals surface area contributed by atoms with Gasteiger partial charge in [0.15, 0.2) is 11.5 Å². The highest BCUT2D eigenvalue weighted by atomic mass is 35.5. The smallest absolute Gasteiger partial charge is 0.226 e. The molecule has 0 bridgehead atoms. The van der Waals surface area contributed by atoms with Crippen LogP contribution in [0.3, 0.4) is 0 Å². The van der Waals surface area contributed by atoms with Crippen molar-refractivity contribution in [2.24, 2.45) is 0 Å². The van der Waals surface area contributed by atoms with Crippen molar-refractivity contribution in [3.8, 4) is 22.8 Å². The van der Waals surface area contributed by atoms with E-state index in [9.17, 15) is 9.18 Å². The number of halogens is 2. The Kier molecular flexibility index (Phi) is 6.95. The van der Waals surface area contributed by atoms with Gasteiger partial charge in [-0.3, -0.25) is 9.89 Å². The lowest BCUT2D eigenvalue weighted by Crippen LogP contribution is -2.29. The number of carbonyl (C=O) groups excluding carboxylic acids is 1. The van der Waals surface area contributed by atoms with Gasteiger partial charge in [-0.05, 0) is 48.7 Å². The molecule has 8 heteroatoms. The SMILES string of the molecule is CN(CCCc1cc(-c2cccc(F)c2)n[nH]1)C(=O)Cc1cc(Cl)c2c(c1)OCCCO2. The zero-order valence-electron chi connectivity index (χ0n) is 17.9. The molecule has 0 saturated heterocycles. The third-order valence-electron chi connectivity index (χ3n) is 5.33. The number of nitrogens with one attached hydrogen (secondary N) is 1. The average molecular weight is 458 g/mol. The van der Waals surface area contributed by atoms with Crippen LogP contribution in [0.15, 0.2) is 42.5 Å². The van der Waals surface area contributed by atoms with Gasteiger partial charge in [-0.2, -0.15) is 5.10 Å². The molecule has 1 N–H and O–H groups in total. The third-order valence-corrected chi connectivity index (χ3v) is 5.61. The summed E-state index contributed by atoms with van der Waals surface area (Å²) in [5.41, 5.74) is 3.17. The molecule has 1 aliphatic rings. The van der Waals surface area contributed by atoms with E-state index >= 15 is 0 Å². The first-order chi connectivity index (χ1) is 15.5. The summed E-state index contributed by atoms with van der Waals surface area (Å²) in [7, 11) is 1.79.